The minimum Gasteiger partial charge on any atom is -0.534 e. The average molecular weight is 362 g/mol. The van der Waals surface area contributed by atoms with Gasteiger partial charge in [0.05, 0.1) is 19.0 Å². The molecule has 0 atom stereocenters. The molecule has 8 nitrogen and oxygen atoms in total. The van der Waals surface area contributed by atoms with E-state index in [0.717, 1.165) is 5.56 Å². The Morgan fingerprint density at radius 1 is 1.31 bits per heavy atom. The molecule has 9 heteroatoms. The van der Waals surface area contributed by atoms with Gasteiger partial charge in [-0.2, -0.15) is 0 Å². The molecule has 1 amide bonds. The summed E-state index contributed by atoms with van der Waals surface area (Å²) >= 11 is 0. The van der Waals surface area contributed by atoms with E-state index in [1.807, 2.05) is 0 Å². The molecule has 1 radical (unpaired) electrons. The number of carbonyl (C=O) groups excluding carboxylic acids is 2. The fraction of sp³-hybridized carbons (Fsp3) is 0.412. The van der Waals surface area contributed by atoms with Gasteiger partial charge >= 0.3 is 19.7 Å². The highest BCUT2D eigenvalue weighted by Crippen LogP contribution is 2.36. The Balaban J connectivity index is 2.41. The van der Waals surface area contributed by atoms with Crippen LogP contribution in [0.2, 0.25) is 0 Å². The van der Waals surface area contributed by atoms with Crippen molar-refractivity contribution in [2.45, 2.75) is 39.8 Å². The Morgan fingerprint density at radius 2 is 2.00 bits per heavy atom. The maximum atomic E-state index is 12.0. The molecule has 1 aromatic heterocycles. The summed E-state index contributed by atoms with van der Waals surface area (Å²) in [6.45, 7) is 6.97. The Bertz CT molecular complexity index is 823. The maximum absolute atomic E-state index is 12.0. The Hall–Kier alpha value is -2.68. The van der Waals surface area contributed by atoms with Gasteiger partial charge in [0.25, 0.3) is 0 Å². The lowest BCUT2D eigenvalue weighted by atomic mass is 10.1. The molecule has 2 rings (SSSR count). The zero-order chi connectivity index (χ0) is 19.5. The number of hydrogen-bond donors (Lipinski definition) is 2. The highest BCUT2D eigenvalue weighted by atomic mass is 16.6. The first-order chi connectivity index (χ1) is 12.2. The third-order valence-electron chi connectivity index (χ3n) is 3.32. The lowest BCUT2D eigenvalue weighted by molar-refractivity contribution is 0.0518. The van der Waals surface area contributed by atoms with E-state index in [-0.39, 0.29) is 29.2 Å². The number of esters is 1. The Kier molecular flexibility index (Phi) is 5.81. The quantitative estimate of drug-likeness (QED) is 0.621. The van der Waals surface area contributed by atoms with E-state index in [1.54, 1.807) is 39.8 Å². The number of fused-ring (bicyclic) bond motifs is 1. The summed E-state index contributed by atoms with van der Waals surface area (Å²) in [6.07, 6.45) is -0.638. The van der Waals surface area contributed by atoms with Crippen molar-refractivity contribution in [3.8, 4) is 5.75 Å². The summed E-state index contributed by atoms with van der Waals surface area (Å²) in [6, 6.07) is 3.36. The molecule has 2 N–H and O–H groups in total. The SMILES string of the molecule is COC(=O)c1cc(C)cc2c(O[B]O)c(CNC(=O)OC(C)(C)C)oc12. The zero-order valence-electron chi connectivity index (χ0n) is 15.3. The van der Waals surface area contributed by atoms with E-state index in [1.165, 1.54) is 7.11 Å². The lowest BCUT2D eigenvalue weighted by Crippen LogP contribution is -2.32. The second-order valence-corrected chi connectivity index (χ2v) is 6.61. The van der Waals surface area contributed by atoms with Crippen LogP contribution in [0.15, 0.2) is 16.5 Å². The van der Waals surface area contributed by atoms with Gasteiger partial charge in [-0.25, -0.2) is 9.59 Å². The van der Waals surface area contributed by atoms with Crippen LogP contribution >= 0.6 is 0 Å². The van der Waals surface area contributed by atoms with Gasteiger partial charge in [-0.3, -0.25) is 0 Å². The number of aryl methyl sites for hydroxylation is 1. The largest absolute Gasteiger partial charge is 0.569 e. The van der Waals surface area contributed by atoms with Gasteiger partial charge in [0, 0.05) is 0 Å². The van der Waals surface area contributed by atoms with Gasteiger partial charge in [-0.1, -0.05) is 0 Å². The predicted octanol–water partition coefficient (Wildman–Crippen LogP) is 2.46. The normalized spacial score (nSPS) is 11.2. The van der Waals surface area contributed by atoms with Gasteiger partial charge in [0.2, 0.25) is 0 Å². The molecule has 1 aromatic carbocycles. The zero-order valence-corrected chi connectivity index (χ0v) is 15.3. The number of amides is 1. The number of nitrogens with one attached hydrogen (secondary N) is 1. The molecule has 0 saturated heterocycles. The lowest BCUT2D eigenvalue weighted by Gasteiger charge is -2.19. The molecule has 26 heavy (non-hydrogen) atoms. The van der Waals surface area contributed by atoms with Crippen molar-refractivity contribution in [1.29, 1.82) is 0 Å². The molecule has 0 spiro atoms. The number of methoxy groups -OCH3 is 1. The summed E-state index contributed by atoms with van der Waals surface area (Å²) in [4.78, 5) is 23.9. The first-order valence-corrected chi connectivity index (χ1v) is 7.90. The van der Waals surface area contributed by atoms with Crippen LogP contribution < -0.4 is 9.97 Å². The standard InChI is InChI=1S/C17H21BNO7/c1-9-6-10-13(11(7-9)15(20)23-5)24-12(14(10)26-18-22)8-19-16(21)25-17(2,3)4/h6-7,22H,8H2,1-5H3,(H,19,21). The smallest absolute Gasteiger partial charge is 0.534 e. The molecule has 2 aromatic rings. The summed E-state index contributed by atoms with van der Waals surface area (Å²) in [5.74, 6) is -0.169. The third kappa shape index (κ3) is 4.48. The van der Waals surface area contributed by atoms with Crippen LogP contribution in [0.4, 0.5) is 4.79 Å². The number of rotatable bonds is 5. The third-order valence-corrected chi connectivity index (χ3v) is 3.32. The van der Waals surface area contributed by atoms with Crippen LogP contribution in [0.5, 0.6) is 5.75 Å². The van der Waals surface area contributed by atoms with Gasteiger partial charge in [-0.15, -0.1) is 0 Å². The van der Waals surface area contributed by atoms with Crippen molar-refractivity contribution in [1.82, 2.24) is 5.32 Å². The summed E-state index contributed by atoms with van der Waals surface area (Å²) in [5.41, 5.74) is 0.577. The van der Waals surface area contributed by atoms with Crippen molar-refractivity contribution in [3.63, 3.8) is 0 Å². The van der Waals surface area contributed by atoms with E-state index in [9.17, 15) is 9.59 Å². The number of ether oxygens (including phenoxy) is 2. The van der Waals surface area contributed by atoms with Gasteiger partial charge in [0.1, 0.15) is 11.2 Å². The molecule has 0 aliphatic rings. The molecule has 0 fully saturated rings. The van der Waals surface area contributed by atoms with E-state index in [2.05, 4.69) is 5.32 Å². The monoisotopic (exact) mass is 362 g/mol. The van der Waals surface area contributed by atoms with Gasteiger partial charge in [0.15, 0.2) is 17.1 Å². The maximum Gasteiger partial charge on any atom is 0.569 e. The van der Waals surface area contributed by atoms with E-state index in [0.29, 0.717) is 13.1 Å². The van der Waals surface area contributed by atoms with E-state index >= 15 is 0 Å². The second-order valence-electron chi connectivity index (χ2n) is 6.61. The van der Waals surface area contributed by atoms with Crippen molar-refractivity contribution in [2.75, 3.05) is 7.11 Å². The van der Waals surface area contributed by atoms with Crippen LogP contribution in [-0.2, 0) is 16.0 Å². The number of carbonyl (C=O) groups is 2. The molecule has 0 saturated carbocycles. The minimum absolute atomic E-state index is 0.0631. The van der Waals surface area contributed by atoms with Crippen molar-refractivity contribution < 1.29 is 33.2 Å². The molecule has 0 unspecified atom stereocenters. The summed E-state index contributed by atoms with van der Waals surface area (Å²) in [5, 5.41) is 12.1. The van der Waals surface area contributed by atoms with Crippen LogP contribution in [0.1, 0.15) is 42.5 Å². The van der Waals surface area contributed by atoms with E-state index < -0.39 is 17.7 Å². The molecule has 0 bridgehead atoms. The molecule has 1 heterocycles. The fourth-order valence-electron chi connectivity index (χ4n) is 2.40. The second kappa shape index (κ2) is 7.69. The highest BCUT2D eigenvalue weighted by Gasteiger charge is 2.23. The summed E-state index contributed by atoms with van der Waals surface area (Å²) in [7, 11) is 1.77. The molecular weight excluding hydrogens is 341 g/mol. The van der Waals surface area contributed by atoms with E-state index in [4.69, 9.17) is 23.6 Å². The van der Waals surface area contributed by atoms with Gasteiger partial charge in [-0.05, 0) is 45.4 Å². The van der Waals surface area contributed by atoms with Crippen molar-refractivity contribution in [2.24, 2.45) is 0 Å². The minimum atomic E-state index is -0.647. The molecular formula is C17H21BNO7. The van der Waals surface area contributed by atoms with Crippen LogP contribution in [0, 0.1) is 6.92 Å². The summed E-state index contributed by atoms with van der Waals surface area (Å²) < 4.78 is 20.8. The highest BCUT2D eigenvalue weighted by molar-refractivity contribution is 6.18. The molecule has 139 valence electrons. The van der Waals surface area contributed by atoms with Crippen molar-refractivity contribution in [3.05, 3.63) is 29.0 Å². The van der Waals surface area contributed by atoms with Crippen LogP contribution in [0.25, 0.3) is 11.0 Å². The first-order valence-electron chi connectivity index (χ1n) is 7.90. The van der Waals surface area contributed by atoms with Gasteiger partial charge < -0.3 is 28.9 Å². The van der Waals surface area contributed by atoms with Crippen LogP contribution in [-0.4, -0.2) is 37.5 Å². The fourth-order valence-corrected chi connectivity index (χ4v) is 2.40. The number of alkyl carbamates (subject to hydrolysis) is 1. The topological polar surface area (TPSA) is 107 Å². The Labute approximate surface area is 151 Å². The Morgan fingerprint density at radius 3 is 2.58 bits per heavy atom. The first kappa shape index (κ1) is 19.6. The van der Waals surface area contributed by atoms with Crippen LogP contribution in [0.3, 0.4) is 0 Å². The average Bonchev–Trinajstić information content (AvgIpc) is 2.88. The molecule has 0 aliphatic carbocycles. The number of benzene rings is 1. The number of hydrogen-bond acceptors (Lipinski definition) is 7. The molecule has 0 aliphatic heterocycles. The predicted molar refractivity (Wildman–Crippen MR) is 94.0 cm³/mol. The van der Waals surface area contributed by atoms with Crippen molar-refractivity contribution >= 4 is 30.7 Å². The number of furan rings is 1.